The van der Waals surface area contributed by atoms with E-state index in [4.69, 9.17) is 10.2 Å². The fourth-order valence-corrected chi connectivity index (χ4v) is 0.922. The van der Waals surface area contributed by atoms with Gasteiger partial charge in [-0.25, -0.2) is 14.6 Å². The summed E-state index contributed by atoms with van der Waals surface area (Å²) in [5.74, 6) is -1.30. The third-order valence-corrected chi connectivity index (χ3v) is 1.62. The number of carboxylic acids is 1. The topological polar surface area (TPSA) is 90.7 Å². The largest absolute Gasteiger partial charge is 0.478 e. The van der Waals surface area contributed by atoms with Crippen molar-refractivity contribution in [2.75, 3.05) is 11.9 Å². The zero-order chi connectivity index (χ0) is 10.7. The van der Waals surface area contributed by atoms with E-state index in [0.717, 1.165) is 4.90 Å². The van der Waals surface area contributed by atoms with E-state index in [1.54, 1.807) is 0 Å². The second-order valence-electron chi connectivity index (χ2n) is 2.52. The molecule has 0 aliphatic rings. The molecule has 1 rings (SSSR count). The lowest BCUT2D eigenvalue weighted by atomic mass is 10.2. The molecule has 2 N–H and O–H groups in total. The van der Waals surface area contributed by atoms with E-state index in [1.165, 1.54) is 25.4 Å². The van der Waals surface area contributed by atoms with Crippen molar-refractivity contribution in [3.8, 4) is 0 Å². The van der Waals surface area contributed by atoms with Crippen molar-refractivity contribution >= 4 is 17.9 Å². The maximum Gasteiger partial charge on any atom is 0.412 e. The lowest BCUT2D eigenvalue weighted by molar-refractivity contribution is 0.0697. The van der Waals surface area contributed by atoms with Gasteiger partial charge in [0.15, 0.2) is 5.82 Å². The molecule has 0 unspecified atom stereocenters. The number of hydrogen-bond acceptors (Lipinski definition) is 3. The van der Waals surface area contributed by atoms with Crippen molar-refractivity contribution < 1.29 is 19.8 Å². The molecule has 0 atom stereocenters. The van der Waals surface area contributed by atoms with Gasteiger partial charge in [-0.3, -0.25) is 4.90 Å². The van der Waals surface area contributed by atoms with Crippen LogP contribution in [0, 0.1) is 0 Å². The van der Waals surface area contributed by atoms with Gasteiger partial charge in [0, 0.05) is 13.2 Å². The second kappa shape index (κ2) is 3.73. The molecule has 74 valence electrons. The fourth-order valence-electron chi connectivity index (χ4n) is 0.922. The molecule has 1 aromatic rings. The number of carboxylic acid groups (broad SMARTS) is 2. The number of carbonyl (C=O) groups is 2. The monoisotopic (exact) mass is 196 g/mol. The molecule has 0 fully saturated rings. The van der Waals surface area contributed by atoms with Gasteiger partial charge < -0.3 is 10.2 Å². The summed E-state index contributed by atoms with van der Waals surface area (Å²) in [6.07, 6.45) is 0.0764. The van der Waals surface area contributed by atoms with Gasteiger partial charge >= 0.3 is 12.1 Å². The summed E-state index contributed by atoms with van der Waals surface area (Å²) in [5.41, 5.74) is -0.141. The third kappa shape index (κ3) is 1.79. The molecule has 6 heteroatoms. The first-order valence-electron chi connectivity index (χ1n) is 3.69. The zero-order valence-corrected chi connectivity index (χ0v) is 7.34. The summed E-state index contributed by atoms with van der Waals surface area (Å²) in [5, 5.41) is 17.4. The van der Waals surface area contributed by atoms with Crippen LogP contribution in [0.2, 0.25) is 0 Å². The Balaban J connectivity index is 3.19. The van der Waals surface area contributed by atoms with Crippen molar-refractivity contribution in [2.45, 2.75) is 0 Å². The Labute approximate surface area is 79.4 Å². The number of hydrogen-bond donors (Lipinski definition) is 2. The van der Waals surface area contributed by atoms with Crippen LogP contribution in [-0.4, -0.2) is 34.3 Å². The van der Waals surface area contributed by atoms with Gasteiger partial charge in [0.2, 0.25) is 0 Å². The molecule has 0 aromatic carbocycles. The first-order chi connectivity index (χ1) is 6.54. The number of nitrogens with zero attached hydrogens (tertiary/aromatic N) is 2. The van der Waals surface area contributed by atoms with Gasteiger partial charge in [-0.05, 0) is 12.1 Å². The van der Waals surface area contributed by atoms with E-state index in [0.29, 0.717) is 0 Å². The number of amides is 1. The first kappa shape index (κ1) is 9.97. The lowest BCUT2D eigenvalue weighted by Crippen LogP contribution is -2.26. The lowest BCUT2D eigenvalue weighted by Gasteiger charge is -2.13. The van der Waals surface area contributed by atoms with E-state index >= 15 is 0 Å². The van der Waals surface area contributed by atoms with Crippen molar-refractivity contribution in [2.24, 2.45) is 0 Å². The molecule has 14 heavy (non-hydrogen) atoms. The summed E-state index contributed by atoms with van der Waals surface area (Å²) in [6, 6.07) is 2.73. The molecule has 0 radical (unpaired) electrons. The standard InChI is InChI=1S/C8H8N2O4/c1-10(8(13)14)6-5(7(11)12)3-2-4-9-6/h2-4H,1H3,(H,11,12)(H,13,14). The van der Waals surface area contributed by atoms with Crippen LogP contribution in [0.3, 0.4) is 0 Å². The molecule has 1 heterocycles. The normalized spacial score (nSPS) is 9.50. The quantitative estimate of drug-likeness (QED) is 0.733. The van der Waals surface area contributed by atoms with Gasteiger partial charge in [0.1, 0.15) is 5.56 Å². The summed E-state index contributed by atoms with van der Waals surface area (Å²) in [6.45, 7) is 0. The Hall–Kier alpha value is -2.11. The first-order valence-corrected chi connectivity index (χ1v) is 3.69. The van der Waals surface area contributed by atoms with Crippen LogP contribution in [0.4, 0.5) is 10.6 Å². The highest BCUT2D eigenvalue weighted by Gasteiger charge is 2.17. The highest BCUT2D eigenvalue weighted by Crippen LogP contribution is 2.15. The molecule has 0 aliphatic carbocycles. The summed E-state index contributed by atoms with van der Waals surface area (Å²) in [7, 11) is 1.23. The van der Waals surface area contributed by atoms with Crippen LogP contribution in [0.25, 0.3) is 0 Å². The molecular formula is C8H8N2O4. The van der Waals surface area contributed by atoms with Crippen molar-refractivity contribution in [3.63, 3.8) is 0 Å². The number of pyridine rings is 1. The minimum Gasteiger partial charge on any atom is -0.478 e. The Morgan fingerprint density at radius 2 is 2.07 bits per heavy atom. The maximum absolute atomic E-state index is 10.7. The maximum atomic E-state index is 10.7. The van der Waals surface area contributed by atoms with E-state index in [2.05, 4.69) is 4.98 Å². The summed E-state index contributed by atoms with van der Waals surface area (Å²) in [4.78, 5) is 25.7. The SMILES string of the molecule is CN(C(=O)O)c1ncccc1C(=O)O. The third-order valence-electron chi connectivity index (χ3n) is 1.62. The van der Waals surface area contributed by atoms with Crippen LogP contribution in [0.5, 0.6) is 0 Å². The number of aromatic nitrogens is 1. The van der Waals surface area contributed by atoms with Crippen LogP contribution in [0.15, 0.2) is 18.3 Å². The van der Waals surface area contributed by atoms with Gasteiger partial charge in [-0.1, -0.05) is 0 Å². The van der Waals surface area contributed by atoms with E-state index in [-0.39, 0.29) is 11.4 Å². The Morgan fingerprint density at radius 3 is 2.57 bits per heavy atom. The van der Waals surface area contributed by atoms with Gasteiger partial charge in [0.05, 0.1) is 0 Å². The van der Waals surface area contributed by atoms with Crippen molar-refractivity contribution in [1.29, 1.82) is 0 Å². The van der Waals surface area contributed by atoms with Gasteiger partial charge in [-0.15, -0.1) is 0 Å². The van der Waals surface area contributed by atoms with Gasteiger partial charge in [-0.2, -0.15) is 0 Å². The number of rotatable bonds is 2. The van der Waals surface area contributed by atoms with Crippen LogP contribution >= 0.6 is 0 Å². The minimum absolute atomic E-state index is 0.0903. The van der Waals surface area contributed by atoms with Crippen LogP contribution in [0.1, 0.15) is 10.4 Å². The molecule has 6 nitrogen and oxygen atoms in total. The number of aromatic carboxylic acids is 1. The summed E-state index contributed by atoms with van der Waals surface area (Å²) >= 11 is 0. The van der Waals surface area contributed by atoms with E-state index in [9.17, 15) is 9.59 Å². The molecule has 1 aromatic heterocycles. The molecule has 0 saturated heterocycles. The minimum atomic E-state index is -1.26. The molecule has 0 bridgehead atoms. The highest BCUT2D eigenvalue weighted by atomic mass is 16.4. The average molecular weight is 196 g/mol. The average Bonchev–Trinajstić information content (AvgIpc) is 2.16. The van der Waals surface area contributed by atoms with Crippen LogP contribution in [-0.2, 0) is 0 Å². The highest BCUT2D eigenvalue weighted by molar-refractivity contribution is 5.97. The van der Waals surface area contributed by atoms with Crippen molar-refractivity contribution in [1.82, 2.24) is 4.98 Å². The molecule has 1 amide bonds. The molecule has 0 saturated carbocycles. The Bertz CT molecular complexity index is 377. The predicted octanol–water partition coefficient (Wildman–Crippen LogP) is 0.894. The van der Waals surface area contributed by atoms with Gasteiger partial charge in [0.25, 0.3) is 0 Å². The predicted molar refractivity (Wildman–Crippen MR) is 47.6 cm³/mol. The molecule has 0 aliphatic heterocycles. The van der Waals surface area contributed by atoms with E-state index in [1.807, 2.05) is 0 Å². The summed E-state index contributed by atoms with van der Waals surface area (Å²) < 4.78 is 0. The smallest absolute Gasteiger partial charge is 0.412 e. The molecule has 0 spiro atoms. The van der Waals surface area contributed by atoms with Crippen LogP contribution < -0.4 is 4.90 Å². The second-order valence-corrected chi connectivity index (χ2v) is 2.52. The van der Waals surface area contributed by atoms with E-state index < -0.39 is 12.1 Å². The molecular weight excluding hydrogens is 188 g/mol. The number of anilines is 1. The van der Waals surface area contributed by atoms with Crippen molar-refractivity contribution in [3.05, 3.63) is 23.9 Å². The Kier molecular flexibility index (Phi) is 2.66. The Morgan fingerprint density at radius 1 is 1.43 bits per heavy atom. The fraction of sp³-hybridized carbons (Fsp3) is 0.125. The zero-order valence-electron chi connectivity index (χ0n) is 7.34.